The van der Waals surface area contributed by atoms with Gasteiger partial charge in [0.15, 0.2) is 11.4 Å². The minimum Gasteiger partial charge on any atom is -0.385 e. The molecule has 4 fully saturated rings. The first-order valence-corrected chi connectivity index (χ1v) is 14.5. The van der Waals surface area contributed by atoms with Gasteiger partial charge >= 0.3 is 6.18 Å². The van der Waals surface area contributed by atoms with Crippen molar-refractivity contribution >= 4 is 6.29 Å². The first kappa shape index (κ1) is 27.7. The third-order valence-corrected chi connectivity index (χ3v) is 11.3. The van der Waals surface area contributed by atoms with Gasteiger partial charge in [0, 0.05) is 29.6 Å². The molecule has 5 nitrogen and oxygen atoms in total. The maximum Gasteiger partial charge on any atom is 0.417 e. The number of fused-ring (bicyclic) bond motifs is 4. The van der Waals surface area contributed by atoms with Gasteiger partial charge in [0.05, 0.1) is 18.8 Å². The van der Waals surface area contributed by atoms with Crippen LogP contribution in [0, 0.1) is 28.6 Å². The standard InChI is InChI=1S/C31H41F3O5/c1-26(2)17-38-29(39-18-26)12-9-24-25-21(8-11-28(24,36)16-29)23-10-13-30(37,31(32,33)34)27(23,3)14-22(25)20-6-4-19(15-35)5-7-20/h4,6,15,21-23,36-37H,5,7-14,16-18H2,1-3H3/t21?,22?,23?,27?,28-,30+/m1/s1. The van der Waals surface area contributed by atoms with Crippen molar-refractivity contribution in [1.29, 1.82) is 0 Å². The molecule has 0 aromatic carbocycles. The lowest BCUT2D eigenvalue weighted by molar-refractivity contribution is -0.323. The Bertz CT molecular complexity index is 1140. The predicted molar refractivity (Wildman–Crippen MR) is 138 cm³/mol. The summed E-state index contributed by atoms with van der Waals surface area (Å²) < 4.78 is 55.9. The Morgan fingerprint density at radius 2 is 1.69 bits per heavy atom. The largest absolute Gasteiger partial charge is 0.417 e. The molecule has 0 bridgehead atoms. The van der Waals surface area contributed by atoms with Crippen LogP contribution in [0.2, 0.25) is 0 Å². The van der Waals surface area contributed by atoms with Crippen LogP contribution in [-0.2, 0) is 14.3 Å². The van der Waals surface area contributed by atoms with E-state index in [2.05, 4.69) is 13.8 Å². The van der Waals surface area contributed by atoms with Crippen molar-refractivity contribution in [1.82, 2.24) is 0 Å². The molecule has 1 saturated heterocycles. The second kappa shape index (κ2) is 8.76. The van der Waals surface area contributed by atoms with Crippen LogP contribution in [0.5, 0.6) is 0 Å². The van der Waals surface area contributed by atoms with Crippen LogP contribution < -0.4 is 0 Å². The molecule has 1 aliphatic heterocycles. The number of halogens is 3. The van der Waals surface area contributed by atoms with Crippen LogP contribution in [0.1, 0.15) is 85.0 Å². The molecule has 39 heavy (non-hydrogen) atoms. The second-order valence-electron chi connectivity index (χ2n) is 14.2. The average Bonchev–Trinajstić information content (AvgIpc) is 3.16. The van der Waals surface area contributed by atoms with E-state index in [4.69, 9.17) is 9.47 Å². The first-order valence-electron chi connectivity index (χ1n) is 14.5. The van der Waals surface area contributed by atoms with Crippen LogP contribution in [-0.4, -0.2) is 52.9 Å². The summed E-state index contributed by atoms with van der Waals surface area (Å²) in [6.07, 6.45) is 3.69. The molecule has 0 aromatic heterocycles. The van der Waals surface area contributed by atoms with E-state index in [9.17, 15) is 28.2 Å². The Kier molecular flexibility index (Phi) is 6.22. The second-order valence-corrected chi connectivity index (χ2v) is 14.2. The van der Waals surface area contributed by atoms with E-state index >= 15 is 0 Å². The fourth-order valence-corrected chi connectivity index (χ4v) is 9.11. The molecule has 1 heterocycles. The highest BCUT2D eigenvalue weighted by atomic mass is 19.4. The molecule has 0 radical (unpaired) electrons. The van der Waals surface area contributed by atoms with Crippen molar-refractivity contribution in [3.05, 3.63) is 34.4 Å². The van der Waals surface area contributed by atoms with Gasteiger partial charge in [-0.2, -0.15) is 13.2 Å². The van der Waals surface area contributed by atoms with Gasteiger partial charge in [-0.15, -0.1) is 0 Å². The lowest BCUT2D eigenvalue weighted by atomic mass is 9.49. The van der Waals surface area contributed by atoms with Crippen molar-refractivity contribution in [3.63, 3.8) is 0 Å². The van der Waals surface area contributed by atoms with Crippen molar-refractivity contribution in [2.45, 2.75) is 108 Å². The summed E-state index contributed by atoms with van der Waals surface area (Å²) in [5.41, 5.74) is -1.56. The summed E-state index contributed by atoms with van der Waals surface area (Å²) >= 11 is 0. The Balaban J connectivity index is 1.43. The molecule has 2 N–H and O–H groups in total. The van der Waals surface area contributed by atoms with Gasteiger partial charge in [-0.05, 0) is 74.3 Å². The fourth-order valence-electron chi connectivity index (χ4n) is 9.11. The number of hydrogen-bond acceptors (Lipinski definition) is 5. The number of hydrogen-bond donors (Lipinski definition) is 2. The molecule has 4 unspecified atom stereocenters. The molecule has 0 amide bonds. The lowest BCUT2D eigenvalue weighted by Crippen LogP contribution is -2.61. The quantitative estimate of drug-likeness (QED) is 0.328. The Morgan fingerprint density at radius 3 is 2.31 bits per heavy atom. The summed E-state index contributed by atoms with van der Waals surface area (Å²) in [7, 11) is 0. The Labute approximate surface area is 228 Å². The maximum atomic E-state index is 14.4. The van der Waals surface area contributed by atoms with Crippen LogP contribution in [0.4, 0.5) is 13.2 Å². The zero-order valence-corrected chi connectivity index (χ0v) is 23.2. The van der Waals surface area contributed by atoms with E-state index in [-0.39, 0.29) is 36.0 Å². The van der Waals surface area contributed by atoms with Crippen molar-refractivity contribution < 1.29 is 37.7 Å². The van der Waals surface area contributed by atoms with Crippen LogP contribution in [0.3, 0.4) is 0 Å². The summed E-state index contributed by atoms with van der Waals surface area (Å²) in [6.45, 7) is 6.92. The normalized spacial score (nSPS) is 43.2. The van der Waals surface area contributed by atoms with Crippen molar-refractivity contribution in [2.75, 3.05) is 13.2 Å². The highest BCUT2D eigenvalue weighted by Crippen LogP contribution is 2.69. The van der Waals surface area contributed by atoms with Crippen molar-refractivity contribution in [2.24, 2.45) is 28.6 Å². The van der Waals surface area contributed by atoms with E-state index < -0.39 is 28.6 Å². The number of allylic oxidation sites excluding steroid dienone is 5. The number of carbonyl (C=O) groups is 1. The highest BCUT2D eigenvalue weighted by molar-refractivity contribution is 5.74. The Hall–Kier alpha value is -1.48. The average molecular weight is 551 g/mol. The third-order valence-electron chi connectivity index (χ3n) is 11.3. The van der Waals surface area contributed by atoms with Crippen LogP contribution in [0.25, 0.3) is 0 Å². The molecular weight excluding hydrogens is 509 g/mol. The minimum absolute atomic E-state index is 0.0950. The first-order chi connectivity index (χ1) is 18.2. The topological polar surface area (TPSA) is 76.0 Å². The molecular formula is C31H41F3O5. The predicted octanol–water partition coefficient (Wildman–Crippen LogP) is 5.95. The fraction of sp³-hybridized carbons (Fsp3) is 0.774. The minimum atomic E-state index is -4.71. The molecule has 3 saturated carbocycles. The summed E-state index contributed by atoms with van der Waals surface area (Å²) in [5.74, 6) is -1.58. The van der Waals surface area contributed by atoms with Crippen LogP contribution >= 0.6 is 0 Å². The Morgan fingerprint density at radius 1 is 0.974 bits per heavy atom. The van der Waals surface area contributed by atoms with E-state index in [1.54, 1.807) is 13.0 Å². The number of alkyl halides is 3. The van der Waals surface area contributed by atoms with Crippen molar-refractivity contribution in [3.8, 4) is 0 Å². The molecule has 6 aliphatic rings. The zero-order valence-electron chi connectivity index (χ0n) is 23.2. The molecule has 6 rings (SSSR count). The van der Waals surface area contributed by atoms with Gasteiger partial charge in [-0.25, -0.2) is 0 Å². The zero-order chi connectivity index (χ0) is 28.1. The number of carbonyl (C=O) groups excluding carboxylic acids is 1. The molecule has 8 heteroatoms. The molecule has 0 aromatic rings. The summed E-state index contributed by atoms with van der Waals surface area (Å²) in [4.78, 5) is 11.4. The van der Waals surface area contributed by atoms with Gasteiger partial charge in [0.25, 0.3) is 0 Å². The molecule has 1 spiro atoms. The third kappa shape index (κ3) is 4.06. The summed E-state index contributed by atoms with van der Waals surface area (Å²) in [6, 6.07) is 0. The van der Waals surface area contributed by atoms with E-state index in [0.29, 0.717) is 70.2 Å². The number of aldehydes is 1. The van der Waals surface area contributed by atoms with Gasteiger partial charge < -0.3 is 19.7 Å². The number of aliphatic hydroxyl groups is 2. The van der Waals surface area contributed by atoms with Gasteiger partial charge in [0.2, 0.25) is 0 Å². The van der Waals surface area contributed by atoms with E-state index in [0.717, 1.165) is 23.0 Å². The maximum absolute atomic E-state index is 14.4. The highest BCUT2D eigenvalue weighted by Gasteiger charge is 2.73. The summed E-state index contributed by atoms with van der Waals surface area (Å²) in [5, 5.41) is 23.4. The number of ether oxygens (including phenoxy) is 2. The molecule has 5 aliphatic carbocycles. The lowest BCUT2D eigenvalue weighted by Gasteiger charge is -2.59. The van der Waals surface area contributed by atoms with Gasteiger partial charge in [-0.3, -0.25) is 4.79 Å². The van der Waals surface area contributed by atoms with Gasteiger partial charge in [0.1, 0.15) is 6.29 Å². The van der Waals surface area contributed by atoms with Crippen LogP contribution in [0.15, 0.2) is 34.4 Å². The monoisotopic (exact) mass is 550 g/mol. The molecule has 6 atom stereocenters. The van der Waals surface area contributed by atoms with E-state index in [1.807, 2.05) is 6.08 Å². The number of rotatable bonds is 2. The van der Waals surface area contributed by atoms with E-state index in [1.165, 1.54) is 0 Å². The van der Waals surface area contributed by atoms with Gasteiger partial charge in [-0.1, -0.05) is 44.1 Å². The molecule has 216 valence electrons. The smallest absolute Gasteiger partial charge is 0.385 e. The SMILES string of the molecule is CC1(C)COC2(CCC3=C4C(C5=CC=C(C=O)CC5)CC5(C)C(CC[C@@]5(O)C(F)(F)F)C4CC[C@@]3(O)C2)OC1.